The number of morpholine rings is 1. The second-order valence-corrected chi connectivity index (χ2v) is 9.52. The van der Waals surface area contributed by atoms with E-state index in [2.05, 4.69) is 25.8 Å². The van der Waals surface area contributed by atoms with Crippen molar-refractivity contribution in [3.8, 4) is 0 Å². The highest BCUT2D eigenvalue weighted by molar-refractivity contribution is 6.05. The van der Waals surface area contributed by atoms with Crippen LogP contribution in [0.5, 0.6) is 0 Å². The van der Waals surface area contributed by atoms with Crippen LogP contribution < -0.4 is 16.0 Å². The Morgan fingerprint density at radius 1 is 1.03 bits per heavy atom. The van der Waals surface area contributed by atoms with Crippen molar-refractivity contribution in [2.24, 2.45) is 0 Å². The number of carbonyl (C=O) groups is 2. The van der Waals surface area contributed by atoms with Crippen molar-refractivity contribution >= 4 is 23.4 Å². The molecule has 1 aromatic heterocycles. The molecule has 9 nitrogen and oxygen atoms in total. The molecule has 0 unspecified atom stereocenters. The van der Waals surface area contributed by atoms with Crippen LogP contribution in [-0.2, 0) is 16.0 Å². The van der Waals surface area contributed by atoms with Crippen molar-refractivity contribution in [2.75, 3.05) is 50.0 Å². The van der Waals surface area contributed by atoms with E-state index in [9.17, 15) is 9.59 Å². The molecule has 0 aliphatic carbocycles. The van der Waals surface area contributed by atoms with Crippen LogP contribution >= 0.6 is 0 Å². The second-order valence-electron chi connectivity index (χ2n) is 9.52. The molecule has 0 atom stereocenters. The van der Waals surface area contributed by atoms with Gasteiger partial charge in [0.1, 0.15) is 11.3 Å². The Labute approximate surface area is 207 Å². The summed E-state index contributed by atoms with van der Waals surface area (Å²) in [4.78, 5) is 31.6. The fourth-order valence-corrected chi connectivity index (χ4v) is 3.61. The molecule has 2 heterocycles. The van der Waals surface area contributed by atoms with Crippen molar-refractivity contribution in [3.05, 3.63) is 53.9 Å². The van der Waals surface area contributed by atoms with Crippen LogP contribution in [-0.4, -0.2) is 66.9 Å². The lowest BCUT2D eigenvalue weighted by atomic mass is 10.2. The van der Waals surface area contributed by atoms with Gasteiger partial charge in [0.25, 0.3) is 5.91 Å². The number of nitrogens with one attached hydrogen (secondary N) is 3. The highest BCUT2D eigenvalue weighted by atomic mass is 16.6. The zero-order valence-corrected chi connectivity index (χ0v) is 20.9. The number of carbonyl (C=O) groups excluding carboxylic acids is 2. The first-order chi connectivity index (χ1) is 16.8. The van der Waals surface area contributed by atoms with Gasteiger partial charge in [-0.15, -0.1) is 0 Å². The molecule has 1 saturated heterocycles. The Morgan fingerprint density at radius 3 is 2.40 bits per heavy atom. The van der Waals surface area contributed by atoms with Crippen LogP contribution in [0.4, 0.5) is 16.2 Å². The molecule has 9 heteroatoms. The standard InChI is InChI=1S/C26H37N5O4/c1-26(2,3)35-25(33)30-22-9-5-4-8-21(22)29-24(32)23-11-10-20(19-28-23)18-27-12-6-7-13-31-14-16-34-17-15-31/h4-5,8-11,19,27H,6-7,12-18H2,1-3H3,(H,29,32)(H,30,33). The Kier molecular flexibility index (Phi) is 10.0. The minimum Gasteiger partial charge on any atom is -0.444 e. The van der Waals surface area contributed by atoms with Crippen molar-refractivity contribution in [1.82, 2.24) is 15.2 Å². The molecule has 1 aliphatic heterocycles. The summed E-state index contributed by atoms with van der Waals surface area (Å²) in [5, 5.41) is 8.92. The maximum Gasteiger partial charge on any atom is 0.412 e. The van der Waals surface area contributed by atoms with Gasteiger partial charge in [-0.1, -0.05) is 18.2 Å². The predicted molar refractivity (Wildman–Crippen MR) is 137 cm³/mol. The normalized spacial score (nSPS) is 14.4. The Morgan fingerprint density at radius 2 is 1.74 bits per heavy atom. The van der Waals surface area contributed by atoms with Crippen LogP contribution in [0.3, 0.4) is 0 Å². The van der Waals surface area contributed by atoms with Crippen molar-refractivity contribution in [3.63, 3.8) is 0 Å². The van der Waals surface area contributed by atoms with Crippen LogP contribution in [0, 0.1) is 0 Å². The first kappa shape index (κ1) is 26.6. The van der Waals surface area contributed by atoms with Crippen LogP contribution in [0.15, 0.2) is 42.6 Å². The second kappa shape index (κ2) is 13.2. The monoisotopic (exact) mass is 483 g/mol. The number of pyridine rings is 1. The van der Waals surface area contributed by atoms with Crippen molar-refractivity contribution in [1.29, 1.82) is 0 Å². The summed E-state index contributed by atoms with van der Waals surface area (Å²) in [6.45, 7) is 11.9. The highest BCUT2D eigenvalue weighted by Crippen LogP contribution is 2.22. The van der Waals surface area contributed by atoms with E-state index >= 15 is 0 Å². The molecule has 0 spiro atoms. The van der Waals surface area contributed by atoms with Gasteiger partial charge in [0.2, 0.25) is 0 Å². The summed E-state index contributed by atoms with van der Waals surface area (Å²) < 4.78 is 10.7. The molecule has 190 valence electrons. The SMILES string of the molecule is CC(C)(C)OC(=O)Nc1ccccc1NC(=O)c1ccc(CNCCCCN2CCOCC2)cn1. The van der Waals surface area contributed by atoms with Gasteiger partial charge in [0, 0.05) is 25.8 Å². The van der Waals surface area contributed by atoms with Gasteiger partial charge in [-0.3, -0.25) is 20.0 Å². The molecule has 3 rings (SSSR count). The van der Waals surface area contributed by atoms with Gasteiger partial charge in [0.15, 0.2) is 0 Å². The van der Waals surface area contributed by atoms with Gasteiger partial charge >= 0.3 is 6.09 Å². The minimum absolute atomic E-state index is 0.298. The van der Waals surface area contributed by atoms with Gasteiger partial charge in [0.05, 0.1) is 24.6 Å². The number of hydrogen-bond donors (Lipinski definition) is 3. The van der Waals surface area contributed by atoms with Gasteiger partial charge < -0.3 is 20.1 Å². The third-order valence-corrected chi connectivity index (χ3v) is 5.38. The topological polar surface area (TPSA) is 105 Å². The van der Waals surface area contributed by atoms with Gasteiger partial charge in [-0.05, 0) is 70.5 Å². The number of aromatic nitrogens is 1. The number of para-hydroxylation sites is 2. The maximum atomic E-state index is 12.7. The Balaban J connectivity index is 1.42. The molecule has 2 amide bonds. The smallest absolute Gasteiger partial charge is 0.412 e. The third kappa shape index (κ3) is 9.64. The summed E-state index contributed by atoms with van der Waals surface area (Å²) in [5.41, 5.74) is 1.61. The van der Waals surface area contributed by atoms with Crippen LogP contribution in [0.1, 0.15) is 49.7 Å². The number of amides is 2. The summed E-state index contributed by atoms with van der Waals surface area (Å²) >= 11 is 0. The summed E-state index contributed by atoms with van der Waals surface area (Å²) in [7, 11) is 0. The maximum absolute atomic E-state index is 12.7. The number of anilines is 2. The van der Waals surface area contributed by atoms with Crippen molar-refractivity contribution in [2.45, 2.75) is 45.8 Å². The molecular weight excluding hydrogens is 446 g/mol. The summed E-state index contributed by atoms with van der Waals surface area (Å²) in [6.07, 6.45) is 3.40. The lowest BCUT2D eigenvalue weighted by Gasteiger charge is -2.26. The third-order valence-electron chi connectivity index (χ3n) is 5.38. The number of unbranched alkanes of at least 4 members (excludes halogenated alkanes) is 1. The number of rotatable bonds is 10. The fourth-order valence-electron chi connectivity index (χ4n) is 3.61. The van der Waals surface area contributed by atoms with E-state index in [1.165, 1.54) is 0 Å². The van der Waals surface area contributed by atoms with Gasteiger partial charge in [-0.25, -0.2) is 4.79 Å². The first-order valence-electron chi connectivity index (χ1n) is 12.2. The summed E-state index contributed by atoms with van der Waals surface area (Å²) in [6, 6.07) is 10.6. The number of ether oxygens (including phenoxy) is 2. The average molecular weight is 484 g/mol. The molecule has 0 saturated carbocycles. The molecule has 2 aromatic rings. The predicted octanol–water partition coefficient (Wildman–Crippen LogP) is 3.88. The minimum atomic E-state index is -0.619. The molecule has 1 fully saturated rings. The molecule has 35 heavy (non-hydrogen) atoms. The van der Waals surface area contributed by atoms with E-state index in [0.717, 1.165) is 57.8 Å². The molecule has 1 aliphatic rings. The lowest BCUT2D eigenvalue weighted by Crippen LogP contribution is -2.37. The van der Waals surface area contributed by atoms with Crippen molar-refractivity contribution < 1.29 is 19.1 Å². The first-order valence-corrected chi connectivity index (χ1v) is 12.2. The van der Waals surface area contributed by atoms with Crippen LogP contribution in [0.25, 0.3) is 0 Å². The molecular formula is C26H37N5O4. The van der Waals surface area contributed by atoms with E-state index in [1.807, 2.05) is 6.07 Å². The Hall–Kier alpha value is -3.01. The molecule has 3 N–H and O–H groups in total. The zero-order chi connectivity index (χ0) is 25.1. The van der Waals surface area contributed by atoms with Gasteiger partial charge in [-0.2, -0.15) is 0 Å². The van der Waals surface area contributed by atoms with E-state index in [4.69, 9.17) is 9.47 Å². The molecule has 1 aromatic carbocycles. The zero-order valence-electron chi connectivity index (χ0n) is 20.9. The number of benzene rings is 1. The van der Waals surface area contributed by atoms with E-state index in [0.29, 0.717) is 23.6 Å². The number of nitrogens with zero attached hydrogens (tertiary/aromatic N) is 2. The average Bonchev–Trinajstić information content (AvgIpc) is 2.82. The van der Waals surface area contributed by atoms with E-state index in [-0.39, 0.29) is 5.91 Å². The molecule has 0 bridgehead atoms. The quantitative estimate of drug-likeness (QED) is 0.441. The lowest BCUT2D eigenvalue weighted by molar-refractivity contribution is 0.0372. The molecule has 0 radical (unpaired) electrons. The largest absolute Gasteiger partial charge is 0.444 e. The number of hydrogen-bond acceptors (Lipinski definition) is 7. The van der Waals surface area contributed by atoms with Crippen LogP contribution in [0.2, 0.25) is 0 Å². The Bertz CT molecular complexity index is 953. The summed E-state index contributed by atoms with van der Waals surface area (Å²) in [5.74, 6) is -0.355. The van der Waals surface area contributed by atoms with E-state index in [1.54, 1.807) is 57.3 Å². The fraction of sp³-hybridized carbons (Fsp3) is 0.500. The van der Waals surface area contributed by atoms with E-state index < -0.39 is 11.7 Å². The highest BCUT2D eigenvalue weighted by Gasteiger charge is 2.18.